The number of hydrogen-bond donors (Lipinski definition) is 1. The molecule has 1 N–H and O–H groups in total. The predicted octanol–water partition coefficient (Wildman–Crippen LogP) is 1.59. The van der Waals surface area contributed by atoms with Crippen LogP contribution in [0.4, 0.5) is 0 Å². The summed E-state index contributed by atoms with van der Waals surface area (Å²) in [5, 5.41) is 0. The van der Waals surface area contributed by atoms with Crippen molar-refractivity contribution < 1.29 is 4.42 Å². The fourth-order valence-corrected chi connectivity index (χ4v) is 1.27. The van der Waals surface area contributed by atoms with E-state index in [1.54, 1.807) is 6.07 Å². The lowest BCUT2D eigenvalue weighted by molar-refractivity contribution is 0.545. The van der Waals surface area contributed by atoms with E-state index in [2.05, 4.69) is 25.9 Å². The smallest absolute Gasteiger partial charge is 0.389 e. The summed E-state index contributed by atoms with van der Waals surface area (Å²) >= 11 is 3.30. The number of pyridine rings is 1. The van der Waals surface area contributed by atoms with E-state index in [1.165, 1.54) is 0 Å². The molecular formula is C7H5BrN2O2. The Bertz CT molecular complexity index is 444. The number of nitrogens with one attached hydrogen (secondary N) is 1. The molecule has 0 aliphatic carbocycles. The molecule has 4 nitrogen and oxygen atoms in total. The topological polar surface area (TPSA) is 58.9 Å². The molecule has 12 heavy (non-hydrogen) atoms. The van der Waals surface area contributed by atoms with Gasteiger partial charge in [-0.25, -0.2) is 9.78 Å². The highest BCUT2D eigenvalue weighted by molar-refractivity contribution is 9.10. The van der Waals surface area contributed by atoms with Gasteiger partial charge in [-0.3, -0.25) is 4.98 Å². The van der Waals surface area contributed by atoms with Gasteiger partial charge in [0.1, 0.15) is 5.52 Å². The lowest BCUT2D eigenvalue weighted by Gasteiger charge is -1.93. The maximum atomic E-state index is 10.7. The van der Waals surface area contributed by atoms with E-state index < -0.39 is 5.76 Å². The first-order chi connectivity index (χ1) is 5.66. The first kappa shape index (κ1) is 7.54. The van der Waals surface area contributed by atoms with Gasteiger partial charge in [0.2, 0.25) is 5.71 Å². The van der Waals surface area contributed by atoms with Crippen LogP contribution in [-0.4, -0.2) is 9.97 Å². The summed E-state index contributed by atoms with van der Waals surface area (Å²) in [6.45, 7) is 1.83. The van der Waals surface area contributed by atoms with Crippen molar-refractivity contribution in [2.24, 2.45) is 0 Å². The zero-order valence-corrected chi connectivity index (χ0v) is 7.81. The number of aromatic nitrogens is 2. The Balaban J connectivity index is 2.92. The third-order valence-corrected chi connectivity index (χ3v) is 2.35. The van der Waals surface area contributed by atoms with Gasteiger partial charge in [0.15, 0.2) is 0 Å². The van der Waals surface area contributed by atoms with Crippen molar-refractivity contribution in [2.45, 2.75) is 6.92 Å². The molecule has 0 fully saturated rings. The lowest BCUT2D eigenvalue weighted by atomic mass is 10.4. The van der Waals surface area contributed by atoms with Crippen molar-refractivity contribution in [3.8, 4) is 0 Å². The Hall–Kier alpha value is -1.10. The molecule has 0 saturated heterocycles. The van der Waals surface area contributed by atoms with Crippen molar-refractivity contribution in [3.05, 3.63) is 26.8 Å². The number of halogens is 1. The molecular weight excluding hydrogens is 224 g/mol. The van der Waals surface area contributed by atoms with E-state index in [4.69, 9.17) is 4.42 Å². The van der Waals surface area contributed by atoms with E-state index in [0.29, 0.717) is 11.2 Å². The highest BCUT2D eigenvalue weighted by atomic mass is 79.9. The molecule has 0 aliphatic rings. The zero-order valence-electron chi connectivity index (χ0n) is 6.22. The largest absolute Gasteiger partial charge is 0.418 e. The second-order valence-electron chi connectivity index (χ2n) is 2.42. The van der Waals surface area contributed by atoms with Crippen LogP contribution in [0.1, 0.15) is 5.69 Å². The Kier molecular flexibility index (Phi) is 1.54. The lowest BCUT2D eigenvalue weighted by Crippen LogP contribution is -1.92. The van der Waals surface area contributed by atoms with Gasteiger partial charge in [-0.05, 0) is 28.9 Å². The van der Waals surface area contributed by atoms with Gasteiger partial charge < -0.3 is 4.42 Å². The number of nitrogens with zero attached hydrogens (tertiary/aromatic N) is 1. The van der Waals surface area contributed by atoms with E-state index in [9.17, 15) is 4.79 Å². The summed E-state index contributed by atoms with van der Waals surface area (Å²) in [6, 6.07) is 1.77. The van der Waals surface area contributed by atoms with Gasteiger partial charge in [-0.2, -0.15) is 0 Å². The van der Waals surface area contributed by atoms with Crippen molar-refractivity contribution in [2.75, 3.05) is 0 Å². The fourth-order valence-electron chi connectivity index (χ4n) is 0.949. The summed E-state index contributed by atoms with van der Waals surface area (Å²) in [6.07, 6.45) is 0. The van der Waals surface area contributed by atoms with Crippen LogP contribution in [0.2, 0.25) is 0 Å². The van der Waals surface area contributed by atoms with Crippen LogP contribution in [-0.2, 0) is 0 Å². The van der Waals surface area contributed by atoms with Crippen LogP contribution in [0, 0.1) is 6.92 Å². The molecule has 0 amide bonds. The van der Waals surface area contributed by atoms with Crippen molar-refractivity contribution in [1.29, 1.82) is 0 Å². The first-order valence-electron chi connectivity index (χ1n) is 3.33. The van der Waals surface area contributed by atoms with Crippen LogP contribution in [0.25, 0.3) is 11.2 Å². The molecule has 0 atom stereocenters. The summed E-state index contributed by atoms with van der Waals surface area (Å²) < 4.78 is 5.61. The van der Waals surface area contributed by atoms with E-state index in [-0.39, 0.29) is 0 Å². The minimum Gasteiger partial charge on any atom is -0.389 e. The standard InChI is InChI=1S/C7H5BrN2O2/c1-3-4(8)2-5-6(9-3)12-7(11)10-5/h2H,1H3,(H,10,11). The quantitative estimate of drug-likeness (QED) is 0.746. The number of H-pyrrole nitrogens is 1. The summed E-state index contributed by atoms with van der Waals surface area (Å²) in [4.78, 5) is 17.3. The molecule has 0 spiro atoms. The molecule has 62 valence electrons. The molecule has 2 heterocycles. The minimum absolute atomic E-state index is 0.348. The molecule has 2 rings (SSSR count). The SMILES string of the molecule is Cc1nc2oc(=O)[nH]c2cc1Br. The van der Waals surface area contributed by atoms with Gasteiger partial charge >= 0.3 is 5.76 Å². The van der Waals surface area contributed by atoms with E-state index in [0.717, 1.165) is 10.2 Å². The number of fused-ring (bicyclic) bond motifs is 1. The van der Waals surface area contributed by atoms with E-state index >= 15 is 0 Å². The highest BCUT2D eigenvalue weighted by Gasteiger charge is 2.04. The Morgan fingerprint density at radius 3 is 3.17 bits per heavy atom. The number of rotatable bonds is 0. The summed E-state index contributed by atoms with van der Waals surface area (Å²) in [7, 11) is 0. The normalized spacial score (nSPS) is 10.8. The molecule has 0 bridgehead atoms. The second kappa shape index (κ2) is 2.45. The van der Waals surface area contributed by atoms with Gasteiger partial charge in [0.05, 0.1) is 5.69 Å². The average molecular weight is 229 g/mol. The molecule has 0 aromatic carbocycles. The summed E-state index contributed by atoms with van der Waals surface area (Å²) in [5.74, 6) is -0.477. The monoisotopic (exact) mass is 228 g/mol. The molecule has 2 aromatic rings. The number of hydrogen-bond acceptors (Lipinski definition) is 3. The summed E-state index contributed by atoms with van der Waals surface area (Å²) in [5.41, 5.74) is 1.75. The molecule has 0 unspecified atom stereocenters. The van der Waals surface area contributed by atoms with Gasteiger partial charge in [-0.1, -0.05) is 0 Å². The zero-order chi connectivity index (χ0) is 8.72. The van der Waals surface area contributed by atoms with Crippen LogP contribution >= 0.6 is 15.9 Å². The predicted molar refractivity (Wildman–Crippen MR) is 47.1 cm³/mol. The molecule has 0 aliphatic heterocycles. The maximum absolute atomic E-state index is 10.7. The van der Waals surface area contributed by atoms with Crippen LogP contribution in [0.3, 0.4) is 0 Å². The van der Waals surface area contributed by atoms with Crippen molar-refractivity contribution in [3.63, 3.8) is 0 Å². The third kappa shape index (κ3) is 1.06. The van der Waals surface area contributed by atoms with Crippen LogP contribution in [0.15, 0.2) is 19.8 Å². The van der Waals surface area contributed by atoms with E-state index in [1.807, 2.05) is 6.92 Å². The van der Waals surface area contributed by atoms with Gasteiger partial charge in [-0.15, -0.1) is 0 Å². The van der Waals surface area contributed by atoms with Crippen molar-refractivity contribution in [1.82, 2.24) is 9.97 Å². The molecule has 5 heteroatoms. The molecule has 0 radical (unpaired) electrons. The minimum atomic E-state index is -0.477. The number of aryl methyl sites for hydroxylation is 1. The Morgan fingerprint density at radius 1 is 1.67 bits per heavy atom. The average Bonchev–Trinajstić information content (AvgIpc) is 2.30. The van der Waals surface area contributed by atoms with Gasteiger partial charge in [0.25, 0.3) is 0 Å². The maximum Gasteiger partial charge on any atom is 0.418 e. The highest BCUT2D eigenvalue weighted by Crippen LogP contribution is 2.18. The van der Waals surface area contributed by atoms with Gasteiger partial charge in [0, 0.05) is 4.47 Å². The second-order valence-corrected chi connectivity index (χ2v) is 3.28. The van der Waals surface area contributed by atoms with Crippen LogP contribution < -0.4 is 5.76 Å². The number of oxazole rings is 1. The Labute approximate surface area is 75.7 Å². The fraction of sp³-hybridized carbons (Fsp3) is 0.143. The Morgan fingerprint density at radius 2 is 2.42 bits per heavy atom. The first-order valence-corrected chi connectivity index (χ1v) is 4.12. The molecule has 2 aromatic heterocycles. The number of aromatic amines is 1. The molecule has 0 saturated carbocycles. The third-order valence-electron chi connectivity index (χ3n) is 1.54. The van der Waals surface area contributed by atoms with Crippen LogP contribution in [0.5, 0.6) is 0 Å². The van der Waals surface area contributed by atoms with Crippen molar-refractivity contribution >= 4 is 27.2 Å².